The molecule has 0 amide bonds. The van der Waals surface area contributed by atoms with E-state index in [1.807, 2.05) is 35.2 Å². The Kier molecular flexibility index (Phi) is 8.52. The van der Waals surface area contributed by atoms with Crippen molar-refractivity contribution in [3.63, 3.8) is 0 Å². The summed E-state index contributed by atoms with van der Waals surface area (Å²) in [4.78, 5) is 24.6. The van der Waals surface area contributed by atoms with Crippen LogP contribution in [0.1, 0.15) is 62.3 Å². The Bertz CT molecular complexity index is 1590. The highest BCUT2D eigenvalue weighted by Gasteiger charge is 2.47. The molecule has 7 nitrogen and oxygen atoms in total. The number of nitrogens with zero attached hydrogens (tertiary/aromatic N) is 3. The monoisotopic (exact) mass is 586 g/mol. The second-order valence-corrected chi connectivity index (χ2v) is 12.1. The van der Waals surface area contributed by atoms with Crippen molar-refractivity contribution in [2.75, 3.05) is 23.7 Å². The molecular formula is C29H29ClF2N4O3S. The number of anilines is 1. The fraction of sp³-hybridized carbons (Fsp3) is 0.414. The molecule has 3 fully saturated rings. The van der Waals surface area contributed by atoms with E-state index < -0.39 is 12.2 Å². The van der Waals surface area contributed by atoms with Crippen molar-refractivity contribution in [3.8, 4) is 12.5 Å². The second-order valence-electron chi connectivity index (χ2n) is 10.1. The number of nitrogens with one attached hydrogen (secondary N) is 1. The third kappa shape index (κ3) is 6.06. The van der Waals surface area contributed by atoms with Crippen LogP contribution in [0.4, 0.5) is 14.6 Å². The number of para-hydroxylation sites is 1. The zero-order valence-corrected chi connectivity index (χ0v) is 23.3. The fourth-order valence-corrected chi connectivity index (χ4v) is 7.11. The molecule has 1 atom stereocenters. The van der Waals surface area contributed by atoms with E-state index in [1.54, 1.807) is 6.20 Å². The van der Waals surface area contributed by atoms with Crippen molar-refractivity contribution < 1.29 is 18.3 Å². The van der Waals surface area contributed by atoms with Gasteiger partial charge in [-0.1, -0.05) is 30.2 Å². The summed E-state index contributed by atoms with van der Waals surface area (Å²) in [5.41, 5.74) is 2.55. The number of aromatic amines is 1. The van der Waals surface area contributed by atoms with Crippen LogP contribution < -0.4 is 10.5 Å². The van der Waals surface area contributed by atoms with E-state index in [2.05, 4.69) is 33.1 Å². The van der Waals surface area contributed by atoms with Crippen molar-refractivity contribution >= 4 is 51.2 Å². The minimum Gasteiger partial charge on any atom is -0.462 e. The van der Waals surface area contributed by atoms with E-state index in [-0.39, 0.29) is 5.56 Å². The molecule has 210 valence electrons. The van der Waals surface area contributed by atoms with Gasteiger partial charge in [0.2, 0.25) is 0 Å². The lowest BCUT2D eigenvalue weighted by Crippen LogP contribution is -2.23. The minimum absolute atomic E-state index is 0.0390. The molecule has 0 radical (unpaired) electrons. The first kappa shape index (κ1) is 28.2. The molecule has 2 aliphatic heterocycles. The second kappa shape index (κ2) is 12.1. The Hall–Kier alpha value is -3.29. The molecule has 1 aromatic carbocycles. The summed E-state index contributed by atoms with van der Waals surface area (Å²) in [5, 5.41) is 8.48. The van der Waals surface area contributed by atoms with E-state index >= 15 is 0 Å². The van der Waals surface area contributed by atoms with Crippen molar-refractivity contribution in [2.24, 2.45) is 0 Å². The molecule has 40 heavy (non-hydrogen) atoms. The number of hydrogen-bond donors (Lipinski definition) is 2. The third-order valence-electron chi connectivity index (χ3n) is 7.46. The van der Waals surface area contributed by atoms with E-state index in [0.717, 1.165) is 49.7 Å². The Morgan fingerprint density at radius 3 is 2.67 bits per heavy atom. The van der Waals surface area contributed by atoms with E-state index in [1.165, 1.54) is 24.7 Å². The number of rotatable bonds is 3. The number of aliphatic hydroxyl groups excluding tert-OH is 1. The highest BCUT2D eigenvalue weighted by atomic mass is 35.5. The lowest BCUT2D eigenvalue weighted by molar-refractivity contribution is 0.141. The first-order valence-electron chi connectivity index (χ1n) is 13.2. The number of benzene rings is 1. The topological polar surface area (TPSA) is 95.2 Å². The van der Waals surface area contributed by atoms with Crippen LogP contribution >= 0.6 is 23.4 Å². The number of aliphatic hydroxyl groups is 1. The summed E-state index contributed by atoms with van der Waals surface area (Å²) in [5.74, 6) is 1.64. The van der Waals surface area contributed by atoms with Crippen LogP contribution in [0, 0.1) is 12.5 Å². The SMILES string of the molecule is C#CO.FC(F)c1nc(N2CCCC2)c2oc3ccccc3c2n1.O=c1[nH]cc(Cl)cc1C1CCSC2(CC2)C1. The fourth-order valence-electron chi connectivity index (χ4n) is 5.39. The molecule has 3 aromatic heterocycles. The normalized spacial score (nSPS) is 19.2. The maximum absolute atomic E-state index is 13.1. The van der Waals surface area contributed by atoms with Gasteiger partial charge in [-0.25, -0.2) is 18.7 Å². The molecule has 11 heteroatoms. The van der Waals surface area contributed by atoms with Gasteiger partial charge in [-0.3, -0.25) is 4.79 Å². The molecule has 1 saturated carbocycles. The number of fused-ring (bicyclic) bond motifs is 3. The van der Waals surface area contributed by atoms with Crippen LogP contribution in [0.5, 0.6) is 0 Å². The first-order chi connectivity index (χ1) is 19.3. The van der Waals surface area contributed by atoms with Crippen LogP contribution in [-0.2, 0) is 0 Å². The van der Waals surface area contributed by atoms with E-state index in [9.17, 15) is 13.6 Å². The van der Waals surface area contributed by atoms with Crippen LogP contribution in [0.15, 0.2) is 45.7 Å². The van der Waals surface area contributed by atoms with Gasteiger partial charge in [0.1, 0.15) is 17.2 Å². The summed E-state index contributed by atoms with van der Waals surface area (Å²) in [7, 11) is 0. The third-order valence-corrected chi connectivity index (χ3v) is 9.30. The predicted molar refractivity (Wildman–Crippen MR) is 155 cm³/mol. The smallest absolute Gasteiger partial charge is 0.297 e. The highest BCUT2D eigenvalue weighted by molar-refractivity contribution is 8.01. The number of halogens is 3. The van der Waals surface area contributed by atoms with Crippen LogP contribution in [0.3, 0.4) is 0 Å². The summed E-state index contributed by atoms with van der Waals surface area (Å²) in [6, 6.07) is 9.18. The first-order valence-corrected chi connectivity index (χ1v) is 14.5. The Labute approximate surface area is 239 Å². The Morgan fingerprint density at radius 2 is 1.98 bits per heavy atom. The minimum atomic E-state index is -2.69. The number of furan rings is 1. The molecule has 1 spiro atoms. The zero-order valence-electron chi connectivity index (χ0n) is 21.7. The number of thioether (sulfide) groups is 1. The molecule has 1 unspecified atom stereocenters. The number of aromatic nitrogens is 3. The molecule has 4 aromatic rings. The molecule has 1 aliphatic carbocycles. The van der Waals surface area contributed by atoms with E-state index in [0.29, 0.717) is 38.2 Å². The van der Waals surface area contributed by atoms with Crippen LogP contribution in [0.2, 0.25) is 5.02 Å². The van der Waals surface area contributed by atoms with Crippen molar-refractivity contribution in [1.82, 2.24) is 15.0 Å². The van der Waals surface area contributed by atoms with Crippen LogP contribution in [0.25, 0.3) is 22.1 Å². The molecular weight excluding hydrogens is 558 g/mol. The maximum Gasteiger partial charge on any atom is 0.297 e. The Balaban J connectivity index is 0.000000152. The molecule has 2 saturated heterocycles. The van der Waals surface area contributed by atoms with Gasteiger partial charge < -0.3 is 19.4 Å². The Morgan fingerprint density at radius 1 is 1.25 bits per heavy atom. The summed E-state index contributed by atoms with van der Waals surface area (Å²) in [6.07, 6.45) is 11.3. The van der Waals surface area contributed by atoms with E-state index in [4.69, 9.17) is 21.1 Å². The van der Waals surface area contributed by atoms with Gasteiger partial charge in [-0.05, 0) is 68.4 Å². The standard InChI is InChI=1S/C15H13F2N3O.C12H14ClNOS.C2H2O/c16-13(17)14-18-11-9-5-1-2-6-10(9)21-12(11)15(19-14)20-7-3-4-8-20;13-9-5-10(11(15)14-7-9)8-1-4-16-12(6-8)2-3-12;1-2-3/h1-2,5-6,13H,3-4,7-8H2;5,7-8H,1-4,6H2,(H,14,15);1,3H. The molecule has 0 bridgehead atoms. The van der Waals surface area contributed by atoms with Crippen LogP contribution in [-0.4, -0.2) is 43.6 Å². The summed E-state index contributed by atoms with van der Waals surface area (Å²) >= 11 is 8.04. The molecule has 5 heterocycles. The summed E-state index contributed by atoms with van der Waals surface area (Å²) < 4.78 is 32.5. The number of hydrogen-bond acceptors (Lipinski definition) is 7. The van der Waals surface area contributed by atoms with Crippen molar-refractivity contribution in [3.05, 3.63) is 63.3 Å². The number of alkyl halides is 2. The average Bonchev–Trinajstić information content (AvgIpc) is 3.33. The largest absolute Gasteiger partial charge is 0.462 e. The number of pyridine rings is 1. The van der Waals surface area contributed by atoms with Gasteiger partial charge in [-0.2, -0.15) is 11.8 Å². The lowest BCUT2D eigenvalue weighted by atomic mass is 9.91. The molecule has 2 N–H and O–H groups in total. The average molecular weight is 587 g/mol. The molecule has 7 rings (SSSR count). The van der Waals surface area contributed by atoms with Crippen molar-refractivity contribution in [1.29, 1.82) is 0 Å². The van der Waals surface area contributed by atoms with Gasteiger partial charge in [0.25, 0.3) is 12.0 Å². The number of terminal acetylenes is 1. The van der Waals surface area contributed by atoms with Crippen molar-refractivity contribution in [2.45, 2.75) is 55.6 Å². The van der Waals surface area contributed by atoms with Gasteiger partial charge in [0.05, 0.1) is 5.02 Å². The highest BCUT2D eigenvalue weighted by Crippen LogP contribution is 2.57. The lowest BCUT2D eigenvalue weighted by Gasteiger charge is -2.28. The van der Waals surface area contributed by atoms with Gasteiger partial charge in [-0.15, -0.1) is 0 Å². The molecule has 3 aliphatic rings. The maximum atomic E-state index is 13.1. The van der Waals surface area contributed by atoms with Gasteiger partial charge in [0, 0.05) is 35.0 Å². The quantitative estimate of drug-likeness (QED) is 0.249. The number of H-pyrrole nitrogens is 1. The van der Waals surface area contributed by atoms with Gasteiger partial charge in [0.15, 0.2) is 17.2 Å². The zero-order chi connectivity index (χ0) is 28.3. The van der Waals surface area contributed by atoms with Gasteiger partial charge >= 0.3 is 0 Å². The summed E-state index contributed by atoms with van der Waals surface area (Å²) in [6.45, 7) is 1.62. The predicted octanol–water partition coefficient (Wildman–Crippen LogP) is 7.03.